The molecule has 29 heavy (non-hydrogen) atoms. The molecule has 0 aromatic rings. The van der Waals surface area contributed by atoms with Crippen molar-refractivity contribution in [2.24, 2.45) is 17.2 Å². The predicted molar refractivity (Wildman–Crippen MR) is 102 cm³/mol. The first-order valence-electron chi connectivity index (χ1n) is 9.52. The van der Waals surface area contributed by atoms with E-state index in [0.29, 0.717) is 32.2 Å². The normalized spacial score (nSPS) is 18.0. The number of primary amides is 1. The highest BCUT2D eigenvalue weighted by Gasteiger charge is 2.38. The molecule has 1 saturated heterocycles. The standard InChI is InChI=1S/C17H30N6O6/c18-6-2-1-4-10(16(27)23-7-3-5-12(23)17(28)29)22-15(26)11(8-13(20)24)21-14(25)9-19/h10-12H,1-9,18-19H2,(H2,20,24)(H,21,25)(H,22,26)(H,28,29). The van der Waals surface area contributed by atoms with Crippen molar-refractivity contribution < 1.29 is 29.1 Å². The fraction of sp³-hybridized carbons (Fsp3) is 0.706. The smallest absolute Gasteiger partial charge is 0.326 e. The Labute approximate surface area is 168 Å². The van der Waals surface area contributed by atoms with Crippen LogP contribution in [0.4, 0.5) is 0 Å². The van der Waals surface area contributed by atoms with Crippen molar-refractivity contribution in [2.75, 3.05) is 19.6 Å². The maximum absolute atomic E-state index is 12.9. The number of carbonyl (C=O) groups excluding carboxylic acids is 4. The average Bonchev–Trinajstić information content (AvgIpc) is 3.15. The molecule has 12 nitrogen and oxygen atoms in total. The summed E-state index contributed by atoms with van der Waals surface area (Å²) >= 11 is 0. The van der Waals surface area contributed by atoms with Crippen molar-refractivity contribution in [3.8, 4) is 0 Å². The zero-order valence-corrected chi connectivity index (χ0v) is 16.3. The van der Waals surface area contributed by atoms with E-state index in [1.54, 1.807) is 0 Å². The Kier molecular flexibility index (Phi) is 10.0. The molecule has 12 heteroatoms. The van der Waals surface area contributed by atoms with E-state index in [4.69, 9.17) is 17.2 Å². The Morgan fingerprint density at radius 1 is 1.07 bits per heavy atom. The molecule has 0 aromatic heterocycles. The highest BCUT2D eigenvalue weighted by atomic mass is 16.4. The lowest BCUT2D eigenvalue weighted by Crippen LogP contribution is -2.56. The SMILES string of the molecule is NCCCCC(NC(=O)C(CC(N)=O)NC(=O)CN)C(=O)N1CCCC1C(=O)O. The molecule has 1 heterocycles. The number of unbranched alkanes of at least 4 members (excludes halogenated alkanes) is 1. The number of nitrogens with two attached hydrogens (primary N) is 3. The molecule has 1 rings (SSSR count). The number of carboxylic acid groups (broad SMARTS) is 1. The van der Waals surface area contributed by atoms with Crippen molar-refractivity contribution in [3.63, 3.8) is 0 Å². The lowest BCUT2D eigenvalue weighted by atomic mass is 10.1. The number of carboxylic acids is 1. The van der Waals surface area contributed by atoms with Crippen LogP contribution in [0.2, 0.25) is 0 Å². The van der Waals surface area contributed by atoms with Crippen LogP contribution in [-0.4, -0.2) is 77.4 Å². The lowest BCUT2D eigenvalue weighted by Gasteiger charge is -2.28. The Hall–Kier alpha value is -2.73. The van der Waals surface area contributed by atoms with Gasteiger partial charge in [0.15, 0.2) is 0 Å². The van der Waals surface area contributed by atoms with Crippen LogP contribution < -0.4 is 27.8 Å². The van der Waals surface area contributed by atoms with E-state index in [0.717, 1.165) is 0 Å². The fourth-order valence-electron chi connectivity index (χ4n) is 3.17. The molecule has 1 aliphatic heterocycles. The third-order valence-electron chi connectivity index (χ3n) is 4.62. The summed E-state index contributed by atoms with van der Waals surface area (Å²) in [6.07, 6.45) is 1.77. The molecule has 1 fully saturated rings. The fourth-order valence-corrected chi connectivity index (χ4v) is 3.17. The summed E-state index contributed by atoms with van der Waals surface area (Å²) in [5.74, 6) is -3.89. The summed E-state index contributed by atoms with van der Waals surface area (Å²) in [7, 11) is 0. The minimum absolute atomic E-state index is 0.235. The van der Waals surface area contributed by atoms with Crippen LogP contribution in [0.1, 0.15) is 38.5 Å². The maximum atomic E-state index is 12.9. The molecular weight excluding hydrogens is 384 g/mol. The van der Waals surface area contributed by atoms with Crippen molar-refractivity contribution in [3.05, 3.63) is 0 Å². The highest BCUT2D eigenvalue weighted by Crippen LogP contribution is 2.20. The molecule has 0 spiro atoms. The van der Waals surface area contributed by atoms with Crippen molar-refractivity contribution >= 4 is 29.6 Å². The Morgan fingerprint density at radius 3 is 2.31 bits per heavy atom. The minimum Gasteiger partial charge on any atom is -0.480 e. The number of likely N-dealkylation sites (tertiary alicyclic amines) is 1. The Balaban J connectivity index is 2.95. The van der Waals surface area contributed by atoms with Gasteiger partial charge in [-0.25, -0.2) is 4.79 Å². The summed E-state index contributed by atoms with van der Waals surface area (Å²) in [6, 6.07) is -3.25. The molecule has 0 saturated carbocycles. The molecular formula is C17H30N6O6. The zero-order chi connectivity index (χ0) is 22.0. The van der Waals surface area contributed by atoms with Gasteiger partial charge >= 0.3 is 5.97 Å². The van der Waals surface area contributed by atoms with Gasteiger partial charge in [0.25, 0.3) is 0 Å². The number of aliphatic carboxylic acids is 1. The van der Waals surface area contributed by atoms with Gasteiger partial charge in [0, 0.05) is 6.54 Å². The van der Waals surface area contributed by atoms with Crippen LogP contribution in [0.5, 0.6) is 0 Å². The largest absolute Gasteiger partial charge is 0.480 e. The molecule has 0 aromatic carbocycles. The number of hydrogen-bond donors (Lipinski definition) is 6. The lowest BCUT2D eigenvalue weighted by molar-refractivity contribution is -0.149. The first kappa shape index (κ1) is 24.3. The van der Waals surface area contributed by atoms with Crippen LogP contribution in [0.15, 0.2) is 0 Å². The molecule has 0 radical (unpaired) electrons. The summed E-state index contributed by atoms with van der Waals surface area (Å²) < 4.78 is 0. The van der Waals surface area contributed by atoms with Crippen LogP contribution in [-0.2, 0) is 24.0 Å². The van der Waals surface area contributed by atoms with Gasteiger partial charge in [-0.15, -0.1) is 0 Å². The maximum Gasteiger partial charge on any atom is 0.326 e. The zero-order valence-electron chi connectivity index (χ0n) is 16.3. The predicted octanol–water partition coefficient (Wildman–Crippen LogP) is -3.01. The van der Waals surface area contributed by atoms with Gasteiger partial charge in [0.1, 0.15) is 18.1 Å². The summed E-state index contributed by atoms with van der Waals surface area (Å²) in [5, 5.41) is 14.1. The van der Waals surface area contributed by atoms with Crippen molar-refractivity contribution in [1.29, 1.82) is 0 Å². The first-order chi connectivity index (χ1) is 13.7. The second-order valence-electron chi connectivity index (χ2n) is 6.87. The first-order valence-corrected chi connectivity index (χ1v) is 9.52. The van der Waals surface area contributed by atoms with E-state index >= 15 is 0 Å². The van der Waals surface area contributed by atoms with E-state index in [1.807, 2.05) is 0 Å². The molecule has 1 aliphatic rings. The number of amides is 4. The summed E-state index contributed by atoms with van der Waals surface area (Å²) in [5.41, 5.74) is 15.8. The van der Waals surface area contributed by atoms with Gasteiger partial charge in [0.05, 0.1) is 13.0 Å². The molecule has 3 unspecified atom stereocenters. The van der Waals surface area contributed by atoms with E-state index in [2.05, 4.69) is 10.6 Å². The molecule has 0 aliphatic carbocycles. The third-order valence-corrected chi connectivity index (χ3v) is 4.62. The van der Waals surface area contributed by atoms with Crippen LogP contribution in [0.3, 0.4) is 0 Å². The minimum atomic E-state index is -1.29. The van der Waals surface area contributed by atoms with Crippen LogP contribution in [0, 0.1) is 0 Å². The van der Waals surface area contributed by atoms with E-state index in [9.17, 15) is 29.1 Å². The monoisotopic (exact) mass is 414 g/mol. The highest BCUT2D eigenvalue weighted by molar-refractivity contribution is 5.95. The molecule has 164 valence electrons. The van der Waals surface area contributed by atoms with Crippen molar-refractivity contribution in [1.82, 2.24) is 15.5 Å². The van der Waals surface area contributed by atoms with Gasteiger partial charge in [-0.05, 0) is 38.6 Å². The quantitative estimate of drug-likeness (QED) is 0.181. The number of carbonyl (C=O) groups is 5. The average molecular weight is 414 g/mol. The number of nitrogens with one attached hydrogen (secondary N) is 2. The number of hydrogen-bond acceptors (Lipinski definition) is 7. The third kappa shape index (κ3) is 7.66. The van der Waals surface area contributed by atoms with Gasteiger partial charge < -0.3 is 37.8 Å². The molecule has 0 bridgehead atoms. The second kappa shape index (κ2) is 12.0. The van der Waals surface area contributed by atoms with Crippen LogP contribution in [0.25, 0.3) is 0 Å². The van der Waals surface area contributed by atoms with Crippen LogP contribution >= 0.6 is 0 Å². The summed E-state index contributed by atoms with van der Waals surface area (Å²) in [4.78, 5) is 61.0. The number of nitrogens with zero attached hydrogens (tertiary/aromatic N) is 1. The van der Waals surface area contributed by atoms with Gasteiger partial charge in [-0.2, -0.15) is 0 Å². The van der Waals surface area contributed by atoms with Gasteiger partial charge in [0.2, 0.25) is 23.6 Å². The Morgan fingerprint density at radius 2 is 1.76 bits per heavy atom. The van der Waals surface area contributed by atoms with E-state index < -0.39 is 60.7 Å². The van der Waals surface area contributed by atoms with Gasteiger partial charge in [-0.1, -0.05) is 0 Å². The number of rotatable bonds is 12. The van der Waals surface area contributed by atoms with E-state index in [1.165, 1.54) is 4.90 Å². The molecule has 3 atom stereocenters. The van der Waals surface area contributed by atoms with Crippen molar-refractivity contribution in [2.45, 2.75) is 56.7 Å². The molecule has 9 N–H and O–H groups in total. The Bertz CT molecular complexity index is 628. The molecule has 4 amide bonds. The van der Waals surface area contributed by atoms with Gasteiger partial charge in [-0.3, -0.25) is 19.2 Å². The summed E-state index contributed by atoms with van der Waals surface area (Å²) in [6.45, 7) is 0.274. The second-order valence-corrected chi connectivity index (χ2v) is 6.87. The topological polar surface area (TPSA) is 211 Å². The van der Waals surface area contributed by atoms with E-state index in [-0.39, 0.29) is 13.0 Å².